The van der Waals surface area contributed by atoms with Gasteiger partial charge >= 0.3 is 0 Å². The Bertz CT molecular complexity index is 214. The monoisotopic (exact) mass is 305 g/mol. The van der Waals surface area contributed by atoms with Crippen LogP contribution in [-0.4, -0.2) is 72.6 Å². The fraction of sp³-hybridized carbons (Fsp3) is 1.00. The largest absolute Gasteiger partial charge is 0.379 e. The maximum absolute atomic E-state index is 5.53. The lowest BCUT2D eigenvalue weighted by Gasteiger charge is -2.24. The van der Waals surface area contributed by atoms with Crippen LogP contribution in [0.5, 0.6) is 0 Å². The molecule has 21 heavy (non-hydrogen) atoms. The molecule has 0 saturated heterocycles. The van der Waals surface area contributed by atoms with Gasteiger partial charge in [0.15, 0.2) is 0 Å². The minimum atomic E-state index is 0.550. The van der Waals surface area contributed by atoms with Gasteiger partial charge in [-0.2, -0.15) is 0 Å². The third kappa shape index (κ3) is 12.0. The second kappa shape index (κ2) is 14.7. The van der Waals surface area contributed by atoms with Gasteiger partial charge in [-0.3, -0.25) is 0 Å². The molecule has 0 aromatic carbocycles. The normalized spacial score (nSPS) is 15.3. The van der Waals surface area contributed by atoms with E-state index in [9.17, 15) is 0 Å². The molecular formula is C15H31NO5. The molecule has 0 aliphatic heterocycles. The predicted molar refractivity (Wildman–Crippen MR) is 80.5 cm³/mol. The van der Waals surface area contributed by atoms with Gasteiger partial charge in [0.2, 0.25) is 0 Å². The second-order valence-corrected chi connectivity index (χ2v) is 5.11. The van der Waals surface area contributed by atoms with Gasteiger partial charge in [-0.05, 0) is 18.8 Å². The van der Waals surface area contributed by atoms with Gasteiger partial charge in [0.05, 0.1) is 59.5 Å². The molecule has 1 aliphatic carbocycles. The zero-order valence-electron chi connectivity index (χ0n) is 13.1. The van der Waals surface area contributed by atoms with Crippen molar-refractivity contribution in [1.82, 2.24) is 0 Å². The quantitative estimate of drug-likeness (QED) is 0.426. The number of hydrogen-bond acceptors (Lipinski definition) is 6. The van der Waals surface area contributed by atoms with Crippen LogP contribution in [0.4, 0.5) is 0 Å². The molecule has 0 aromatic rings. The first-order chi connectivity index (χ1) is 10.4. The maximum atomic E-state index is 5.53. The average Bonchev–Trinajstić information content (AvgIpc) is 2.45. The van der Waals surface area contributed by atoms with Crippen LogP contribution in [0.3, 0.4) is 0 Å². The van der Waals surface area contributed by atoms with Crippen molar-refractivity contribution in [2.24, 2.45) is 11.7 Å². The van der Waals surface area contributed by atoms with Crippen LogP contribution in [0, 0.1) is 5.92 Å². The number of ether oxygens (including phenoxy) is 5. The van der Waals surface area contributed by atoms with Crippen LogP contribution in [0.25, 0.3) is 0 Å². The standard InChI is InChI=1S/C15H31NO5/c16-4-5-17-6-7-18-8-9-19-10-11-20-12-13-21-14-15-2-1-3-15/h15H,1-14,16H2. The number of hydrogen-bond donors (Lipinski definition) is 1. The van der Waals surface area contributed by atoms with E-state index >= 15 is 0 Å². The lowest BCUT2D eigenvalue weighted by Crippen LogP contribution is -2.19. The molecule has 0 unspecified atom stereocenters. The van der Waals surface area contributed by atoms with Gasteiger partial charge in [0.25, 0.3) is 0 Å². The average molecular weight is 305 g/mol. The van der Waals surface area contributed by atoms with E-state index in [1.54, 1.807) is 0 Å². The Hall–Kier alpha value is -0.240. The first kappa shape index (κ1) is 18.8. The summed E-state index contributed by atoms with van der Waals surface area (Å²) in [6.07, 6.45) is 4.03. The highest BCUT2D eigenvalue weighted by Crippen LogP contribution is 2.26. The second-order valence-electron chi connectivity index (χ2n) is 5.11. The molecule has 6 nitrogen and oxygen atoms in total. The fourth-order valence-corrected chi connectivity index (χ4v) is 1.87. The van der Waals surface area contributed by atoms with Crippen LogP contribution in [0.1, 0.15) is 19.3 Å². The summed E-state index contributed by atoms with van der Waals surface area (Å²) in [5.41, 5.74) is 5.29. The molecule has 0 spiro atoms. The molecule has 1 aliphatic rings. The topological polar surface area (TPSA) is 72.2 Å². The van der Waals surface area contributed by atoms with E-state index in [4.69, 9.17) is 29.4 Å². The van der Waals surface area contributed by atoms with E-state index < -0.39 is 0 Å². The summed E-state index contributed by atoms with van der Waals surface area (Å²) in [5, 5.41) is 0. The summed E-state index contributed by atoms with van der Waals surface area (Å²) < 4.78 is 26.8. The van der Waals surface area contributed by atoms with Crippen LogP contribution in [0.2, 0.25) is 0 Å². The summed E-state index contributed by atoms with van der Waals surface area (Å²) in [6.45, 7) is 6.88. The first-order valence-corrected chi connectivity index (χ1v) is 8.02. The van der Waals surface area contributed by atoms with Crippen molar-refractivity contribution in [2.75, 3.05) is 72.6 Å². The van der Waals surface area contributed by atoms with Crippen molar-refractivity contribution in [1.29, 1.82) is 0 Å². The molecule has 2 N–H and O–H groups in total. The maximum Gasteiger partial charge on any atom is 0.0701 e. The Kier molecular flexibility index (Phi) is 13.2. The molecular weight excluding hydrogens is 274 g/mol. The highest BCUT2D eigenvalue weighted by atomic mass is 16.6. The molecule has 1 rings (SSSR count). The van der Waals surface area contributed by atoms with Crippen LogP contribution in [0.15, 0.2) is 0 Å². The van der Waals surface area contributed by atoms with Gasteiger partial charge in [-0.1, -0.05) is 6.42 Å². The molecule has 0 atom stereocenters. The Labute approximate surface area is 128 Å². The van der Waals surface area contributed by atoms with Crippen LogP contribution in [-0.2, 0) is 23.7 Å². The lowest BCUT2D eigenvalue weighted by molar-refractivity contribution is -0.0159. The van der Waals surface area contributed by atoms with Crippen molar-refractivity contribution in [3.63, 3.8) is 0 Å². The zero-order chi connectivity index (χ0) is 15.0. The first-order valence-electron chi connectivity index (χ1n) is 8.02. The summed E-state index contributed by atoms with van der Waals surface area (Å²) in [7, 11) is 0. The molecule has 0 amide bonds. The summed E-state index contributed by atoms with van der Waals surface area (Å²) in [5.74, 6) is 0.800. The predicted octanol–water partition coefficient (Wildman–Crippen LogP) is 0.828. The molecule has 1 saturated carbocycles. The molecule has 6 heteroatoms. The summed E-state index contributed by atoms with van der Waals surface area (Å²) in [4.78, 5) is 0. The SMILES string of the molecule is NCCOCCOCCOCCOCCOCC1CCC1. The lowest BCUT2D eigenvalue weighted by atomic mass is 9.86. The van der Waals surface area contributed by atoms with Crippen LogP contribution < -0.4 is 5.73 Å². The van der Waals surface area contributed by atoms with Crippen molar-refractivity contribution < 1.29 is 23.7 Å². The Morgan fingerprint density at radius 1 is 0.619 bits per heavy atom. The van der Waals surface area contributed by atoms with Gasteiger partial charge in [-0.15, -0.1) is 0 Å². The van der Waals surface area contributed by atoms with Gasteiger partial charge in [0, 0.05) is 13.2 Å². The van der Waals surface area contributed by atoms with Crippen molar-refractivity contribution in [2.45, 2.75) is 19.3 Å². The molecule has 0 heterocycles. The number of nitrogens with two attached hydrogens (primary N) is 1. The van der Waals surface area contributed by atoms with Crippen LogP contribution >= 0.6 is 0 Å². The molecule has 0 aromatic heterocycles. The van der Waals surface area contributed by atoms with Gasteiger partial charge < -0.3 is 29.4 Å². The minimum Gasteiger partial charge on any atom is -0.379 e. The summed E-state index contributed by atoms with van der Waals surface area (Å²) >= 11 is 0. The highest BCUT2D eigenvalue weighted by molar-refractivity contribution is 4.68. The molecule has 0 bridgehead atoms. The van der Waals surface area contributed by atoms with Crippen molar-refractivity contribution in [3.05, 3.63) is 0 Å². The number of rotatable bonds is 16. The van der Waals surface area contributed by atoms with Gasteiger partial charge in [0.1, 0.15) is 0 Å². The van der Waals surface area contributed by atoms with Crippen molar-refractivity contribution >= 4 is 0 Å². The highest BCUT2D eigenvalue weighted by Gasteiger charge is 2.16. The Morgan fingerprint density at radius 3 is 1.43 bits per heavy atom. The Balaban J connectivity index is 1.61. The molecule has 0 radical (unpaired) electrons. The Morgan fingerprint density at radius 2 is 1.05 bits per heavy atom. The van der Waals surface area contributed by atoms with E-state index in [2.05, 4.69) is 0 Å². The molecule has 1 fully saturated rings. The van der Waals surface area contributed by atoms with Gasteiger partial charge in [-0.25, -0.2) is 0 Å². The third-order valence-corrected chi connectivity index (χ3v) is 3.33. The van der Waals surface area contributed by atoms with E-state index in [1.807, 2.05) is 0 Å². The van der Waals surface area contributed by atoms with E-state index in [1.165, 1.54) is 19.3 Å². The summed E-state index contributed by atoms with van der Waals surface area (Å²) in [6, 6.07) is 0. The smallest absolute Gasteiger partial charge is 0.0701 e. The fourth-order valence-electron chi connectivity index (χ4n) is 1.87. The molecule has 126 valence electrons. The van der Waals surface area contributed by atoms with E-state index in [0.717, 1.165) is 12.5 Å². The van der Waals surface area contributed by atoms with E-state index in [0.29, 0.717) is 66.0 Å². The minimum absolute atomic E-state index is 0.550. The third-order valence-electron chi connectivity index (χ3n) is 3.33. The van der Waals surface area contributed by atoms with E-state index in [-0.39, 0.29) is 0 Å². The zero-order valence-corrected chi connectivity index (χ0v) is 13.1. The van der Waals surface area contributed by atoms with Crippen molar-refractivity contribution in [3.8, 4) is 0 Å².